The molecular weight excluding hydrogens is 198 g/mol. The third-order valence-corrected chi connectivity index (χ3v) is 1.86. The first-order chi connectivity index (χ1) is 7.13. The second-order valence-corrected chi connectivity index (χ2v) is 2.94. The second kappa shape index (κ2) is 4.93. The van der Waals surface area contributed by atoms with Gasteiger partial charge in [-0.3, -0.25) is 0 Å². The lowest BCUT2D eigenvalue weighted by molar-refractivity contribution is -0.138. The summed E-state index contributed by atoms with van der Waals surface area (Å²) in [4.78, 5) is 23.8. The Bertz CT molecular complexity index is 390. The van der Waals surface area contributed by atoms with Gasteiger partial charge in [-0.15, -0.1) is 0 Å². The van der Waals surface area contributed by atoms with Crippen molar-refractivity contribution in [2.45, 2.75) is 12.5 Å². The summed E-state index contributed by atoms with van der Waals surface area (Å²) in [5.41, 5.74) is 0.680. The van der Waals surface area contributed by atoms with Gasteiger partial charge >= 0.3 is 5.97 Å². The van der Waals surface area contributed by atoms with Crippen LogP contribution in [0.25, 0.3) is 0 Å². The molecule has 0 aromatic heterocycles. The van der Waals surface area contributed by atoms with E-state index in [1.807, 2.05) is 0 Å². The normalized spacial score (nSPS) is 11.5. The number of aliphatic carboxylic acids is 1. The van der Waals surface area contributed by atoms with Gasteiger partial charge in [0.2, 0.25) is 6.08 Å². The van der Waals surface area contributed by atoms with Gasteiger partial charge in [-0.05, 0) is 17.7 Å². The highest BCUT2D eigenvalue weighted by Crippen LogP contribution is 2.12. The highest BCUT2D eigenvalue weighted by Gasteiger charge is 2.16. The van der Waals surface area contributed by atoms with E-state index in [1.54, 1.807) is 12.1 Å². The predicted octanol–water partition coefficient (Wildman–Crippen LogP) is 0.724. The van der Waals surface area contributed by atoms with E-state index in [0.29, 0.717) is 5.56 Å². The quantitative estimate of drug-likeness (QED) is 0.562. The van der Waals surface area contributed by atoms with Gasteiger partial charge in [0.15, 0.2) is 6.04 Å². The number of carboxylic acids is 1. The lowest BCUT2D eigenvalue weighted by Crippen LogP contribution is -2.20. The molecule has 0 heterocycles. The summed E-state index contributed by atoms with van der Waals surface area (Å²) in [5, 5.41) is 17.7. The fourth-order valence-electron chi connectivity index (χ4n) is 1.11. The van der Waals surface area contributed by atoms with Gasteiger partial charge in [0, 0.05) is 6.42 Å². The molecule has 0 bridgehead atoms. The van der Waals surface area contributed by atoms with E-state index in [2.05, 4.69) is 4.99 Å². The molecule has 0 fully saturated rings. The van der Waals surface area contributed by atoms with E-state index < -0.39 is 12.0 Å². The summed E-state index contributed by atoms with van der Waals surface area (Å²) >= 11 is 0. The molecule has 0 aliphatic heterocycles. The largest absolute Gasteiger partial charge is 0.508 e. The van der Waals surface area contributed by atoms with Crippen molar-refractivity contribution in [1.29, 1.82) is 0 Å². The smallest absolute Gasteiger partial charge is 0.329 e. The van der Waals surface area contributed by atoms with E-state index in [4.69, 9.17) is 10.2 Å². The molecule has 1 atom stereocenters. The standard InChI is InChI=1S/C10H9NO4/c12-6-11-9(10(14)15)5-7-1-3-8(13)4-2-7/h1-4,9,13H,5H2,(H,14,15)/t9-/m1/s1. The Labute approximate surface area is 85.7 Å². The molecular formula is C10H9NO4. The van der Waals surface area contributed by atoms with E-state index in [9.17, 15) is 9.59 Å². The van der Waals surface area contributed by atoms with Crippen molar-refractivity contribution in [3.8, 4) is 5.75 Å². The number of nitrogens with zero attached hydrogens (tertiary/aromatic N) is 1. The predicted molar refractivity (Wildman–Crippen MR) is 51.4 cm³/mol. The Morgan fingerprint density at radius 1 is 1.40 bits per heavy atom. The van der Waals surface area contributed by atoms with E-state index in [0.717, 1.165) is 0 Å². The molecule has 2 N–H and O–H groups in total. The second-order valence-electron chi connectivity index (χ2n) is 2.94. The van der Waals surface area contributed by atoms with E-state index >= 15 is 0 Å². The molecule has 15 heavy (non-hydrogen) atoms. The van der Waals surface area contributed by atoms with Gasteiger partial charge in [0.1, 0.15) is 5.75 Å². The van der Waals surface area contributed by atoms with Crippen LogP contribution < -0.4 is 0 Å². The maximum atomic E-state index is 10.6. The molecule has 0 aliphatic carbocycles. The topological polar surface area (TPSA) is 87.0 Å². The van der Waals surface area contributed by atoms with Crippen LogP contribution >= 0.6 is 0 Å². The van der Waals surface area contributed by atoms with Gasteiger partial charge in [0.25, 0.3) is 0 Å². The first-order valence-corrected chi connectivity index (χ1v) is 4.21. The number of aliphatic imine (C=N–C) groups is 1. The van der Waals surface area contributed by atoms with Gasteiger partial charge in [-0.25, -0.2) is 9.59 Å². The van der Waals surface area contributed by atoms with Gasteiger partial charge in [-0.1, -0.05) is 12.1 Å². The zero-order valence-electron chi connectivity index (χ0n) is 7.75. The van der Waals surface area contributed by atoms with Crippen molar-refractivity contribution in [3.63, 3.8) is 0 Å². The molecule has 5 heteroatoms. The summed E-state index contributed by atoms with van der Waals surface area (Å²) in [6.07, 6.45) is 1.33. The molecule has 1 rings (SSSR count). The first-order valence-electron chi connectivity index (χ1n) is 4.21. The number of hydrogen-bond acceptors (Lipinski definition) is 4. The molecule has 0 aliphatic rings. The maximum absolute atomic E-state index is 10.6. The Hall–Kier alpha value is -2.13. The van der Waals surface area contributed by atoms with E-state index in [1.165, 1.54) is 18.2 Å². The third kappa shape index (κ3) is 3.25. The monoisotopic (exact) mass is 207 g/mol. The van der Waals surface area contributed by atoms with Crippen LogP contribution in [0, 0.1) is 0 Å². The van der Waals surface area contributed by atoms with Crippen LogP contribution in [0.1, 0.15) is 5.56 Å². The Balaban J connectivity index is 2.78. The number of hydrogen-bond donors (Lipinski definition) is 2. The molecule has 0 spiro atoms. The Morgan fingerprint density at radius 2 is 2.00 bits per heavy atom. The molecule has 1 aromatic carbocycles. The maximum Gasteiger partial charge on any atom is 0.329 e. The van der Waals surface area contributed by atoms with Crippen molar-refractivity contribution >= 4 is 12.0 Å². The average molecular weight is 207 g/mol. The number of phenolic OH excluding ortho intramolecular Hbond substituents is 1. The lowest BCUT2D eigenvalue weighted by atomic mass is 10.1. The van der Waals surface area contributed by atoms with Crippen LogP contribution in [-0.4, -0.2) is 28.3 Å². The van der Waals surface area contributed by atoms with Crippen LogP contribution in [0.3, 0.4) is 0 Å². The third-order valence-electron chi connectivity index (χ3n) is 1.86. The summed E-state index contributed by atoms with van der Waals surface area (Å²) < 4.78 is 0. The van der Waals surface area contributed by atoms with Crippen molar-refractivity contribution in [3.05, 3.63) is 29.8 Å². The summed E-state index contributed by atoms with van der Waals surface area (Å²) in [7, 11) is 0. The highest BCUT2D eigenvalue weighted by atomic mass is 16.4. The van der Waals surface area contributed by atoms with Crippen LogP contribution in [0.5, 0.6) is 5.75 Å². The zero-order chi connectivity index (χ0) is 11.3. The highest BCUT2D eigenvalue weighted by molar-refractivity contribution is 5.75. The zero-order valence-corrected chi connectivity index (χ0v) is 7.75. The minimum Gasteiger partial charge on any atom is -0.508 e. The molecule has 0 saturated carbocycles. The van der Waals surface area contributed by atoms with Crippen LogP contribution in [0.15, 0.2) is 29.3 Å². The van der Waals surface area contributed by atoms with Crippen molar-refractivity contribution < 1.29 is 19.8 Å². The number of benzene rings is 1. The number of carbonyl (C=O) groups is 1. The molecule has 0 radical (unpaired) electrons. The number of carboxylic acid groups (broad SMARTS) is 1. The van der Waals surface area contributed by atoms with Crippen molar-refractivity contribution in [2.75, 3.05) is 0 Å². The van der Waals surface area contributed by atoms with Crippen LogP contribution in [0.4, 0.5) is 0 Å². The van der Waals surface area contributed by atoms with Crippen LogP contribution in [0.2, 0.25) is 0 Å². The molecule has 78 valence electrons. The number of aromatic hydroxyl groups is 1. The molecule has 0 saturated heterocycles. The lowest BCUT2D eigenvalue weighted by Gasteiger charge is -2.05. The summed E-state index contributed by atoms with van der Waals surface area (Å²) in [6.45, 7) is 0. The number of carbonyl (C=O) groups excluding carboxylic acids is 1. The molecule has 0 amide bonds. The van der Waals surface area contributed by atoms with Crippen molar-refractivity contribution in [2.24, 2.45) is 4.99 Å². The summed E-state index contributed by atoms with van der Waals surface area (Å²) in [6, 6.07) is 4.92. The number of rotatable bonds is 4. The molecule has 1 aromatic rings. The van der Waals surface area contributed by atoms with Gasteiger partial charge in [-0.2, -0.15) is 4.99 Å². The Kier molecular flexibility index (Phi) is 3.60. The molecule has 0 unspecified atom stereocenters. The SMILES string of the molecule is O=C=N[C@H](Cc1ccc(O)cc1)C(=O)O. The number of isocyanates is 1. The van der Waals surface area contributed by atoms with E-state index in [-0.39, 0.29) is 12.2 Å². The van der Waals surface area contributed by atoms with Gasteiger partial charge in [0.05, 0.1) is 0 Å². The Morgan fingerprint density at radius 3 is 2.47 bits per heavy atom. The fourth-order valence-corrected chi connectivity index (χ4v) is 1.11. The average Bonchev–Trinajstić information content (AvgIpc) is 2.20. The fraction of sp³-hybridized carbons (Fsp3) is 0.200. The minimum atomic E-state index is -1.17. The number of phenols is 1. The van der Waals surface area contributed by atoms with Gasteiger partial charge < -0.3 is 10.2 Å². The summed E-state index contributed by atoms with van der Waals surface area (Å²) in [5.74, 6) is -1.07. The first kappa shape index (κ1) is 10.9. The minimum absolute atomic E-state index is 0.101. The van der Waals surface area contributed by atoms with Crippen molar-refractivity contribution in [1.82, 2.24) is 0 Å². The van der Waals surface area contributed by atoms with Crippen LogP contribution in [-0.2, 0) is 16.0 Å². The molecule has 5 nitrogen and oxygen atoms in total.